The summed E-state index contributed by atoms with van der Waals surface area (Å²) < 4.78 is 0. The van der Waals surface area contributed by atoms with Crippen molar-refractivity contribution < 1.29 is 0 Å². The molecule has 0 saturated carbocycles. The lowest BCUT2D eigenvalue weighted by Gasteiger charge is -1.81. The second-order valence-electron chi connectivity index (χ2n) is 0.967. The van der Waals surface area contributed by atoms with E-state index in [9.17, 15) is 0 Å². The van der Waals surface area contributed by atoms with Crippen LogP contribution in [-0.2, 0) is 0 Å². The lowest BCUT2D eigenvalue weighted by atomic mass is 10.5. The molecule has 0 bridgehead atoms. The van der Waals surface area contributed by atoms with Crippen LogP contribution in [0.15, 0.2) is 11.2 Å². The fraction of sp³-hybridized carbons (Fsp3) is 0.500. The molecule has 0 fully saturated rings. The normalized spacial score (nSPS) is 12.0. The average Bonchev–Trinajstić information content (AvgIpc) is 1.65. The average molecular weight is 106 g/mol. The maximum Gasteiger partial charge on any atom is 0.0332 e. The lowest BCUT2D eigenvalue weighted by Crippen LogP contribution is -1.78. The highest BCUT2D eigenvalue weighted by atomic mass is 35.5. The first kappa shape index (κ1) is 5.83. The molecule has 0 heterocycles. The van der Waals surface area contributed by atoms with Crippen LogP contribution in [0.1, 0.15) is 13.3 Å². The summed E-state index contributed by atoms with van der Waals surface area (Å²) in [5.74, 6) is 0. The van der Waals surface area contributed by atoms with Gasteiger partial charge in [-0.3, -0.25) is 0 Å². The minimum Gasteiger partial charge on any atom is -0.404 e. The van der Waals surface area contributed by atoms with Crippen molar-refractivity contribution in [1.82, 2.24) is 0 Å². The predicted octanol–water partition coefficient (Wildman–Crippen LogP) is 1.44. The van der Waals surface area contributed by atoms with E-state index in [4.69, 9.17) is 17.3 Å². The molecule has 36 valence electrons. The molecule has 0 aliphatic rings. The number of rotatable bonds is 1. The standard InChI is InChI=1S/C4H8ClN/c1-2-4(5)3-6/h3H,2,6H2,1H3/b4-3+. The second kappa shape index (κ2) is 3.04. The van der Waals surface area contributed by atoms with Gasteiger partial charge in [-0.1, -0.05) is 18.5 Å². The highest BCUT2D eigenvalue weighted by Gasteiger charge is 1.77. The molecule has 0 aromatic carbocycles. The van der Waals surface area contributed by atoms with Crippen molar-refractivity contribution in [2.45, 2.75) is 13.3 Å². The first-order chi connectivity index (χ1) is 2.81. The Kier molecular flexibility index (Phi) is 2.95. The van der Waals surface area contributed by atoms with E-state index in [1.54, 1.807) is 0 Å². The van der Waals surface area contributed by atoms with Crippen molar-refractivity contribution in [3.63, 3.8) is 0 Å². The minimum absolute atomic E-state index is 0.718. The number of nitrogens with two attached hydrogens (primary N) is 1. The van der Waals surface area contributed by atoms with Crippen LogP contribution in [0, 0.1) is 0 Å². The maximum absolute atomic E-state index is 5.39. The highest BCUT2D eigenvalue weighted by Crippen LogP contribution is 2.01. The van der Waals surface area contributed by atoms with Crippen LogP contribution >= 0.6 is 11.6 Å². The fourth-order valence-electron chi connectivity index (χ4n) is 0.118. The molecule has 1 nitrogen and oxygen atoms in total. The van der Waals surface area contributed by atoms with Crippen molar-refractivity contribution in [3.05, 3.63) is 11.2 Å². The monoisotopic (exact) mass is 105 g/mol. The molecule has 2 heteroatoms. The van der Waals surface area contributed by atoms with Crippen LogP contribution < -0.4 is 5.73 Å². The van der Waals surface area contributed by atoms with E-state index in [-0.39, 0.29) is 0 Å². The Hall–Kier alpha value is -0.170. The maximum atomic E-state index is 5.39. The van der Waals surface area contributed by atoms with E-state index in [1.807, 2.05) is 6.92 Å². The SMILES string of the molecule is CC/C(Cl)=C\N. The third-order valence-corrected chi connectivity index (χ3v) is 0.912. The van der Waals surface area contributed by atoms with Crippen molar-refractivity contribution in [2.24, 2.45) is 5.73 Å². The zero-order chi connectivity index (χ0) is 4.99. The lowest BCUT2D eigenvalue weighted by molar-refractivity contribution is 1.18. The van der Waals surface area contributed by atoms with Crippen LogP contribution in [0.5, 0.6) is 0 Å². The summed E-state index contributed by atoms with van der Waals surface area (Å²) in [6, 6.07) is 0. The molecule has 0 spiro atoms. The van der Waals surface area contributed by atoms with Crippen LogP contribution in [0.25, 0.3) is 0 Å². The van der Waals surface area contributed by atoms with Crippen LogP contribution in [0.2, 0.25) is 0 Å². The molecule has 0 amide bonds. The third kappa shape index (κ3) is 2.09. The van der Waals surface area contributed by atoms with Gasteiger partial charge in [0.2, 0.25) is 0 Å². The zero-order valence-corrected chi connectivity index (χ0v) is 4.50. The van der Waals surface area contributed by atoms with Gasteiger partial charge in [-0.2, -0.15) is 0 Å². The molecule has 0 saturated heterocycles. The Morgan fingerprint density at radius 3 is 2.50 bits per heavy atom. The van der Waals surface area contributed by atoms with E-state index < -0.39 is 0 Å². The summed E-state index contributed by atoms with van der Waals surface area (Å²) >= 11 is 5.39. The van der Waals surface area contributed by atoms with E-state index in [2.05, 4.69) is 0 Å². The summed E-state index contributed by atoms with van der Waals surface area (Å²) in [7, 11) is 0. The largest absolute Gasteiger partial charge is 0.404 e. The Morgan fingerprint density at radius 2 is 2.50 bits per heavy atom. The van der Waals surface area contributed by atoms with Crippen LogP contribution in [-0.4, -0.2) is 0 Å². The molecule has 0 rings (SSSR count). The molecular weight excluding hydrogens is 97.5 g/mol. The van der Waals surface area contributed by atoms with E-state index in [1.165, 1.54) is 6.20 Å². The smallest absolute Gasteiger partial charge is 0.0332 e. The topological polar surface area (TPSA) is 26.0 Å². The van der Waals surface area contributed by atoms with Gasteiger partial charge in [0.25, 0.3) is 0 Å². The van der Waals surface area contributed by atoms with E-state index in [0.29, 0.717) is 0 Å². The van der Waals surface area contributed by atoms with Gasteiger partial charge in [-0.25, -0.2) is 0 Å². The van der Waals surface area contributed by atoms with Crippen molar-refractivity contribution in [3.8, 4) is 0 Å². The van der Waals surface area contributed by atoms with Gasteiger partial charge in [0.1, 0.15) is 0 Å². The molecule has 0 atom stereocenters. The first-order valence-electron chi connectivity index (χ1n) is 1.87. The predicted molar refractivity (Wildman–Crippen MR) is 28.4 cm³/mol. The Bertz CT molecular complexity index is 58.6. The van der Waals surface area contributed by atoms with Gasteiger partial charge in [-0.15, -0.1) is 0 Å². The van der Waals surface area contributed by atoms with Gasteiger partial charge in [-0.05, 0) is 6.42 Å². The number of halogens is 1. The Labute approximate surface area is 42.8 Å². The molecule has 0 aromatic rings. The summed E-state index contributed by atoms with van der Waals surface area (Å²) in [6.45, 7) is 1.95. The molecule has 2 N–H and O–H groups in total. The number of allylic oxidation sites excluding steroid dienone is 1. The zero-order valence-electron chi connectivity index (χ0n) is 3.74. The van der Waals surface area contributed by atoms with Gasteiger partial charge in [0.15, 0.2) is 0 Å². The molecule has 0 aliphatic heterocycles. The molecule has 0 radical (unpaired) electrons. The number of hydrogen-bond acceptors (Lipinski definition) is 1. The Morgan fingerprint density at radius 1 is 2.00 bits per heavy atom. The summed E-state index contributed by atoms with van der Waals surface area (Å²) in [5.41, 5.74) is 4.99. The van der Waals surface area contributed by atoms with Gasteiger partial charge in [0, 0.05) is 11.2 Å². The van der Waals surface area contributed by atoms with Crippen molar-refractivity contribution in [2.75, 3.05) is 0 Å². The van der Waals surface area contributed by atoms with E-state index in [0.717, 1.165) is 11.5 Å². The van der Waals surface area contributed by atoms with Gasteiger partial charge >= 0.3 is 0 Å². The van der Waals surface area contributed by atoms with Crippen molar-refractivity contribution in [1.29, 1.82) is 0 Å². The van der Waals surface area contributed by atoms with Gasteiger partial charge < -0.3 is 5.73 Å². The Balaban J connectivity index is 3.22. The summed E-state index contributed by atoms with van der Waals surface area (Å²) in [4.78, 5) is 0. The molecule has 0 aliphatic carbocycles. The molecule has 0 aromatic heterocycles. The quantitative estimate of drug-likeness (QED) is 0.537. The fourth-order valence-corrected chi connectivity index (χ4v) is 0.118. The van der Waals surface area contributed by atoms with Crippen LogP contribution in [0.4, 0.5) is 0 Å². The molecule has 0 unspecified atom stereocenters. The number of hydrogen-bond donors (Lipinski definition) is 1. The minimum atomic E-state index is 0.718. The van der Waals surface area contributed by atoms with E-state index >= 15 is 0 Å². The summed E-state index contributed by atoms with van der Waals surface area (Å²) in [5, 5.41) is 0.718. The van der Waals surface area contributed by atoms with Gasteiger partial charge in [0.05, 0.1) is 0 Å². The molecular formula is C4H8ClN. The first-order valence-corrected chi connectivity index (χ1v) is 2.25. The summed E-state index contributed by atoms with van der Waals surface area (Å²) in [6.07, 6.45) is 2.24. The van der Waals surface area contributed by atoms with Crippen LogP contribution in [0.3, 0.4) is 0 Å². The highest BCUT2D eigenvalue weighted by molar-refractivity contribution is 6.29. The second-order valence-corrected chi connectivity index (χ2v) is 1.45. The van der Waals surface area contributed by atoms with Crippen molar-refractivity contribution >= 4 is 11.6 Å². The molecule has 6 heavy (non-hydrogen) atoms. The third-order valence-electron chi connectivity index (χ3n) is 0.519.